The van der Waals surface area contributed by atoms with Gasteiger partial charge >= 0.3 is 0 Å². The summed E-state index contributed by atoms with van der Waals surface area (Å²) in [7, 11) is 0. The summed E-state index contributed by atoms with van der Waals surface area (Å²) in [6, 6.07) is 7.01. The summed E-state index contributed by atoms with van der Waals surface area (Å²) in [6.07, 6.45) is 3.55. The van der Waals surface area contributed by atoms with Crippen molar-refractivity contribution in [1.29, 1.82) is 0 Å². The van der Waals surface area contributed by atoms with Crippen LogP contribution in [0.25, 0.3) is 11.4 Å². The predicted octanol–water partition coefficient (Wildman–Crippen LogP) is 2.57. The Bertz CT molecular complexity index is 903. The largest absolute Gasteiger partial charge is 0.347 e. The van der Waals surface area contributed by atoms with Crippen molar-refractivity contribution < 1.29 is 18.9 Å². The fraction of sp³-hybridized carbons (Fsp3) is 0.450. The second kappa shape index (κ2) is 8.32. The first-order valence-electron chi connectivity index (χ1n) is 9.73. The maximum absolute atomic E-state index is 12.4. The Morgan fingerprint density at radius 1 is 1.14 bits per heavy atom. The third-order valence-electron chi connectivity index (χ3n) is 5.50. The average Bonchev–Trinajstić information content (AvgIpc) is 3.30. The molecule has 2 aromatic rings. The van der Waals surface area contributed by atoms with Gasteiger partial charge in [-0.05, 0) is 37.1 Å². The van der Waals surface area contributed by atoms with Gasteiger partial charge in [0, 0.05) is 23.6 Å². The van der Waals surface area contributed by atoms with Crippen molar-refractivity contribution in [3.63, 3.8) is 0 Å². The van der Waals surface area contributed by atoms with E-state index in [0.29, 0.717) is 10.8 Å². The standard InChI is InChI=1S/C20H21ClN4O4/c21-13-7-5-12(6-8-13)18-23-17(29-24-18)11-22-16(26)9-10-25-19(27)14-3-1-2-4-15(14)20(25)28/h5-8,14-15H,1-4,9-11H2,(H,22,26)/t14-,15-/m1/s1. The van der Waals surface area contributed by atoms with Crippen LogP contribution in [-0.4, -0.2) is 39.3 Å². The van der Waals surface area contributed by atoms with Gasteiger partial charge in [-0.3, -0.25) is 19.3 Å². The average molecular weight is 417 g/mol. The second-order valence-corrected chi connectivity index (χ2v) is 7.81. The van der Waals surface area contributed by atoms with E-state index in [1.165, 1.54) is 4.90 Å². The molecule has 1 aliphatic heterocycles. The number of fused-ring (bicyclic) bond motifs is 1. The molecule has 1 aliphatic carbocycles. The van der Waals surface area contributed by atoms with E-state index in [2.05, 4.69) is 15.5 Å². The van der Waals surface area contributed by atoms with E-state index in [-0.39, 0.29) is 55.0 Å². The Labute approximate surface area is 172 Å². The minimum absolute atomic E-state index is 0.0507. The lowest BCUT2D eigenvalue weighted by Gasteiger charge is -2.19. The zero-order valence-electron chi connectivity index (χ0n) is 15.8. The van der Waals surface area contributed by atoms with Gasteiger partial charge in [0.25, 0.3) is 0 Å². The number of halogens is 1. The van der Waals surface area contributed by atoms with E-state index in [4.69, 9.17) is 16.1 Å². The number of rotatable bonds is 6. The summed E-state index contributed by atoms with van der Waals surface area (Å²) in [6.45, 7) is 0.183. The number of carbonyl (C=O) groups is 3. The van der Waals surface area contributed by atoms with E-state index in [1.54, 1.807) is 24.3 Å². The Morgan fingerprint density at radius 2 is 1.79 bits per heavy atom. The first-order chi connectivity index (χ1) is 14.0. The molecule has 8 nitrogen and oxygen atoms in total. The highest BCUT2D eigenvalue weighted by Gasteiger charge is 2.47. The molecule has 1 saturated carbocycles. The lowest BCUT2D eigenvalue weighted by Crippen LogP contribution is -2.35. The van der Waals surface area contributed by atoms with Crippen molar-refractivity contribution in [2.75, 3.05) is 6.54 Å². The number of likely N-dealkylation sites (tertiary alicyclic amines) is 1. The molecular weight excluding hydrogens is 396 g/mol. The fourth-order valence-corrected chi connectivity index (χ4v) is 4.10. The second-order valence-electron chi connectivity index (χ2n) is 7.37. The van der Waals surface area contributed by atoms with Gasteiger partial charge in [-0.2, -0.15) is 4.98 Å². The number of benzene rings is 1. The van der Waals surface area contributed by atoms with Gasteiger partial charge in [0.15, 0.2) is 0 Å². The molecule has 0 radical (unpaired) electrons. The Morgan fingerprint density at radius 3 is 2.45 bits per heavy atom. The molecule has 0 bridgehead atoms. The number of nitrogens with one attached hydrogen (secondary N) is 1. The summed E-state index contributed by atoms with van der Waals surface area (Å²) in [4.78, 5) is 42.5. The van der Waals surface area contributed by atoms with Gasteiger partial charge in [-0.25, -0.2) is 0 Å². The lowest BCUT2D eigenvalue weighted by atomic mass is 9.81. The van der Waals surface area contributed by atoms with Crippen LogP contribution in [0.1, 0.15) is 38.0 Å². The van der Waals surface area contributed by atoms with Crippen molar-refractivity contribution in [2.45, 2.75) is 38.6 Å². The monoisotopic (exact) mass is 416 g/mol. The first-order valence-corrected chi connectivity index (χ1v) is 10.1. The summed E-state index contributed by atoms with van der Waals surface area (Å²) in [5, 5.41) is 7.18. The van der Waals surface area contributed by atoms with Gasteiger partial charge in [0.05, 0.1) is 18.4 Å². The molecule has 3 amide bonds. The summed E-state index contributed by atoms with van der Waals surface area (Å²) in [5.74, 6) is -0.252. The highest BCUT2D eigenvalue weighted by Crippen LogP contribution is 2.37. The van der Waals surface area contributed by atoms with Crippen molar-refractivity contribution in [3.8, 4) is 11.4 Å². The van der Waals surface area contributed by atoms with Crippen LogP contribution in [0, 0.1) is 11.8 Å². The smallest absolute Gasteiger partial charge is 0.246 e. The number of hydrogen-bond acceptors (Lipinski definition) is 6. The van der Waals surface area contributed by atoms with Crippen LogP contribution >= 0.6 is 11.6 Å². The van der Waals surface area contributed by atoms with E-state index in [9.17, 15) is 14.4 Å². The van der Waals surface area contributed by atoms with Crippen LogP contribution in [0.4, 0.5) is 0 Å². The Kier molecular flexibility index (Phi) is 5.62. The number of aromatic nitrogens is 2. The predicted molar refractivity (Wildman–Crippen MR) is 103 cm³/mol. The molecule has 2 aliphatic rings. The maximum atomic E-state index is 12.4. The third kappa shape index (κ3) is 4.17. The van der Waals surface area contributed by atoms with E-state index in [0.717, 1.165) is 31.2 Å². The van der Waals surface area contributed by atoms with Crippen LogP contribution in [0.15, 0.2) is 28.8 Å². The van der Waals surface area contributed by atoms with E-state index in [1.807, 2.05) is 0 Å². The lowest BCUT2D eigenvalue weighted by molar-refractivity contribution is -0.140. The minimum atomic E-state index is -0.285. The zero-order valence-corrected chi connectivity index (χ0v) is 16.5. The van der Waals surface area contributed by atoms with Gasteiger partial charge in [-0.1, -0.05) is 29.6 Å². The number of imide groups is 1. The molecule has 1 aromatic heterocycles. The maximum Gasteiger partial charge on any atom is 0.246 e. The van der Waals surface area contributed by atoms with Crippen LogP contribution in [0.5, 0.6) is 0 Å². The van der Waals surface area contributed by atoms with Crippen molar-refractivity contribution in [1.82, 2.24) is 20.4 Å². The molecule has 4 rings (SSSR count). The third-order valence-corrected chi connectivity index (χ3v) is 5.75. The number of nitrogens with zero attached hydrogens (tertiary/aromatic N) is 3. The molecule has 1 N–H and O–H groups in total. The van der Waals surface area contributed by atoms with Crippen LogP contribution in [0.2, 0.25) is 5.02 Å². The molecule has 2 fully saturated rings. The molecule has 2 heterocycles. The number of carbonyl (C=O) groups excluding carboxylic acids is 3. The van der Waals surface area contributed by atoms with Crippen LogP contribution in [-0.2, 0) is 20.9 Å². The summed E-state index contributed by atoms with van der Waals surface area (Å²) < 4.78 is 5.15. The molecular formula is C20H21ClN4O4. The highest BCUT2D eigenvalue weighted by atomic mass is 35.5. The number of hydrogen-bond donors (Lipinski definition) is 1. The molecule has 1 aromatic carbocycles. The zero-order chi connectivity index (χ0) is 20.4. The SMILES string of the molecule is O=C(CCN1C(=O)[C@@H]2CCCC[C@H]2C1=O)NCc1nc(-c2ccc(Cl)cc2)no1. The van der Waals surface area contributed by atoms with Gasteiger partial charge < -0.3 is 9.84 Å². The molecule has 0 unspecified atom stereocenters. The molecule has 1 saturated heterocycles. The normalized spacial score (nSPS) is 21.3. The molecule has 152 valence electrons. The molecule has 0 spiro atoms. The number of amides is 3. The Balaban J connectivity index is 1.27. The van der Waals surface area contributed by atoms with E-state index < -0.39 is 0 Å². The van der Waals surface area contributed by atoms with Crippen molar-refractivity contribution in [3.05, 3.63) is 35.2 Å². The molecule has 2 atom stereocenters. The van der Waals surface area contributed by atoms with Gasteiger partial charge in [-0.15, -0.1) is 0 Å². The van der Waals surface area contributed by atoms with Gasteiger partial charge in [0.2, 0.25) is 29.4 Å². The van der Waals surface area contributed by atoms with Crippen LogP contribution in [0.3, 0.4) is 0 Å². The topological polar surface area (TPSA) is 105 Å². The van der Waals surface area contributed by atoms with Crippen LogP contribution < -0.4 is 5.32 Å². The highest BCUT2D eigenvalue weighted by molar-refractivity contribution is 6.30. The fourth-order valence-electron chi connectivity index (χ4n) is 3.97. The van der Waals surface area contributed by atoms with E-state index >= 15 is 0 Å². The molecule has 29 heavy (non-hydrogen) atoms. The Hall–Kier alpha value is -2.74. The quantitative estimate of drug-likeness (QED) is 0.725. The van der Waals surface area contributed by atoms with Gasteiger partial charge in [0.1, 0.15) is 0 Å². The minimum Gasteiger partial charge on any atom is -0.347 e. The van der Waals surface area contributed by atoms with Crippen molar-refractivity contribution in [2.24, 2.45) is 11.8 Å². The summed E-state index contributed by atoms with van der Waals surface area (Å²) in [5.41, 5.74) is 0.753. The molecule has 9 heteroatoms. The summed E-state index contributed by atoms with van der Waals surface area (Å²) >= 11 is 5.86. The first kappa shape index (κ1) is 19.6. The van der Waals surface area contributed by atoms with Crippen molar-refractivity contribution >= 4 is 29.3 Å².